The number of nitrogens with one attached hydrogen (secondary N) is 1. The van der Waals surface area contributed by atoms with Crippen molar-refractivity contribution < 1.29 is 19.2 Å². The first-order chi connectivity index (χ1) is 11.6. The molecule has 10 nitrogen and oxygen atoms in total. The Morgan fingerprint density at radius 1 is 1.52 bits per heavy atom. The van der Waals surface area contributed by atoms with E-state index in [4.69, 9.17) is 0 Å². The van der Waals surface area contributed by atoms with E-state index in [-0.39, 0.29) is 5.92 Å². The number of nitriles is 1. The lowest BCUT2D eigenvalue weighted by atomic mass is 9.90. The van der Waals surface area contributed by atoms with Crippen molar-refractivity contribution >= 4 is 17.6 Å². The molecule has 1 heterocycles. The molecule has 10 heteroatoms. The van der Waals surface area contributed by atoms with Crippen molar-refractivity contribution in [3.8, 4) is 6.07 Å². The molecule has 1 aromatic heterocycles. The molecule has 0 saturated carbocycles. The summed E-state index contributed by atoms with van der Waals surface area (Å²) in [6, 6.07) is 2.76. The van der Waals surface area contributed by atoms with E-state index in [0.717, 1.165) is 23.9 Å². The minimum absolute atomic E-state index is 0.214. The summed E-state index contributed by atoms with van der Waals surface area (Å²) in [7, 11) is 1.03. The Bertz CT molecular complexity index is 807. The number of methoxy groups -OCH3 is 1. The van der Waals surface area contributed by atoms with Gasteiger partial charge in [0.1, 0.15) is 17.6 Å². The molecule has 0 aliphatic heterocycles. The summed E-state index contributed by atoms with van der Waals surface area (Å²) in [5, 5.41) is 22.7. The molecule has 1 rings (SSSR count). The first kappa shape index (κ1) is 19.8. The van der Waals surface area contributed by atoms with Crippen molar-refractivity contribution in [2.45, 2.75) is 32.9 Å². The number of esters is 1. The number of carbonyl (C=O) groups excluding carboxylic acids is 2. The monoisotopic (exact) mass is 350 g/mol. The van der Waals surface area contributed by atoms with Crippen molar-refractivity contribution in [3.05, 3.63) is 38.3 Å². The predicted molar refractivity (Wildman–Crippen MR) is 85.7 cm³/mol. The molecule has 0 bridgehead atoms. The van der Waals surface area contributed by atoms with Gasteiger partial charge < -0.3 is 10.1 Å². The van der Waals surface area contributed by atoms with E-state index >= 15 is 0 Å². The van der Waals surface area contributed by atoms with Gasteiger partial charge in [-0.3, -0.25) is 24.3 Å². The molecular weight excluding hydrogens is 332 g/mol. The number of hydrogen-bond donors (Lipinski definition) is 1. The zero-order chi connectivity index (χ0) is 19.4. The van der Waals surface area contributed by atoms with Crippen LogP contribution in [-0.2, 0) is 16.1 Å². The van der Waals surface area contributed by atoms with E-state index in [2.05, 4.69) is 10.1 Å². The first-order valence-corrected chi connectivity index (χ1v) is 7.25. The van der Waals surface area contributed by atoms with Crippen LogP contribution >= 0.6 is 0 Å². The number of rotatable bonds is 6. The van der Waals surface area contributed by atoms with Crippen molar-refractivity contribution in [2.75, 3.05) is 7.11 Å². The summed E-state index contributed by atoms with van der Waals surface area (Å²) < 4.78 is 5.16. The smallest absolute Gasteiger partial charge is 0.343 e. The van der Waals surface area contributed by atoms with Crippen LogP contribution in [0, 0.1) is 27.4 Å². The number of nitrogens with zero attached hydrogens (tertiary/aromatic N) is 3. The van der Waals surface area contributed by atoms with Gasteiger partial charge in [0.05, 0.1) is 24.3 Å². The zero-order valence-corrected chi connectivity index (χ0v) is 14.2. The van der Waals surface area contributed by atoms with Gasteiger partial charge >= 0.3 is 5.97 Å². The van der Waals surface area contributed by atoms with Crippen LogP contribution in [0.25, 0.3) is 0 Å². The van der Waals surface area contributed by atoms with Crippen LogP contribution < -0.4 is 10.9 Å². The third-order valence-corrected chi connectivity index (χ3v) is 3.79. The van der Waals surface area contributed by atoms with E-state index in [1.54, 1.807) is 13.8 Å². The Morgan fingerprint density at radius 2 is 2.12 bits per heavy atom. The van der Waals surface area contributed by atoms with E-state index in [1.807, 2.05) is 6.07 Å². The first-order valence-electron chi connectivity index (χ1n) is 7.25. The second-order valence-electron chi connectivity index (χ2n) is 5.81. The van der Waals surface area contributed by atoms with Gasteiger partial charge in [0.2, 0.25) is 5.91 Å². The summed E-state index contributed by atoms with van der Waals surface area (Å²) in [5.74, 6) is -1.96. The highest BCUT2D eigenvalue weighted by molar-refractivity contribution is 5.89. The van der Waals surface area contributed by atoms with Crippen molar-refractivity contribution in [1.82, 2.24) is 9.88 Å². The van der Waals surface area contributed by atoms with E-state index in [0.29, 0.717) is 0 Å². The Hall–Kier alpha value is -3.22. The average Bonchev–Trinajstić information content (AvgIpc) is 2.55. The molecule has 1 atom stereocenters. The average molecular weight is 350 g/mol. The van der Waals surface area contributed by atoms with E-state index in [9.17, 15) is 29.8 Å². The molecule has 0 aliphatic carbocycles. The van der Waals surface area contributed by atoms with E-state index in [1.165, 1.54) is 6.92 Å². The topological polar surface area (TPSA) is 144 Å². The highest BCUT2D eigenvalue weighted by atomic mass is 16.6. The van der Waals surface area contributed by atoms with Crippen molar-refractivity contribution in [2.24, 2.45) is 5.92 Å². The predicted octanol–water partition coefficient (Wildman–Crippen LogP) is 0.598. The minimum Gasteiger partial charge on any atom is -0.465 e. The molecular formula is C15H18N4O6. The highest BCUT2D eigenvalue weighted by Gasteiger charge is 2.30. The van der Waals surface area contributed by atoms with Crippen LogP contribution in [0.15, 0.2) is 17.1 Å². The molecule has 25 heavy (non-hydrogen) atoms. The summed E-state index contributed by atoms with van der Waals surface area (Å²) in [5.41, 5.74) is -3.18. The fourth-order valence-electron chi connectivity index (χ4n) is 1.88. The number of pyridine rings is 1. The fraction of sp³-hybridized carbons (Fsp3) is 0.467. The summed E-state index contributed by atoms with van der Waals surface area (Å²) >= 11 is 0. The fourth-order valence-corrected chi connectivity index (χ4v) is 1.88. The summed E-state index contributed by atoms with van der Waals surface area (Å²) in [4.78, 5) is 46.2. The van der Waals surface area contributed by atoms with Crippen molar-refractivity contribution in [1.29, 1.82) is 5.26 Å². The van der Waals surface area contributed by atoms with Gasteiger partial charge in [0.25, 0.3) is 11.2 Å². The van der Waals surface area contributed by atoms with Gasteiger partial charge in [-0.1, -0.05) is 13.8 Å². The Kier molecular flexibility index (Phi) is 6.00. The zero-order valence-electron chi connectivity index (χ0n) is 14.2. The summed E-state index contributed by atoms with van der Waals surface area (Å²) in [6.07, 6.45) is 0.855. The Balaban J connectivity index is 3.25. The lowest BCUT2D eigenvalue weighted by Gasteiger charge is -2.27. The SMILES string of the molecule is COC(=O)c1cc([N+](=O)[O-])cn(CC(=O)NC(C)(C#N)C(C)C)c1=O. The van der Waals surface area contributed by atoms with Crippen LogP contribution in [0.1, 0.15) is 31.1 Å². The van der Waals surface area contributed by atoms with Gasteiger partial charge in [-0.05, 0) is 12.8 Å². The van der Waals surface area contributed by atoms with Crippen LogP contribution in [-0.4, -0.2) is 34.0 Å². The molecule has 0 fully saturated rings. The molecule has 0 saturated heterocycles. The third kappa shape index (κ3) is 4.41. The van der Waals surface area contributed by atoms with Crippen LogP contribution in [0.4, 0.5) is 5.69 Å². The van der Waals surface area contributed by atoms with Crippen molar-refractivity contribution in [3.63, 3.8) is 0 Å². The minimum atomic E-state index is -1.17. The Morgan fingerprint density at radius 3 is 2.56 bits per heavy atom. The highest BCUT2D eigenvalue weighted by Crippen LogP contribution is 2.15. The lowest BCUT2D eigenvalue weighted by molar-refractivity contribution is -0.385. The molecule has 134 valence electrons. The summed E-state index contributed by atoms with van der Waals surface area (Å²) in [6.45, 7) is 4.40. The second kappa shape index (κ2) is 7.57. The van der Waals surface area contributed by atoms with Gasteiger partial charge in [-0.15, -0.1) is 0 Å². The molecule has 1 amide bonds. The molecule has 1 N–H and O–H groups in total. The number of ether oxygens (including phenoxy) is 1. The molecule has 0 aromatic carbocycles. The number of amides is 1. The van der Waals surface area contributed by atoms with Crippen LogP contribution in [0.2, 0.25) is 0 Å². The molecule has 0 spiro atoms. The second-order valence-corrected chi connectivity index (χ2v) is 5.81. The van der Waals surface area contributed by atoms with Gasteiger partial charge in [-0.2, -0.15) is 5.26 Å². The maximum absolute atomic E-state index is 12.2. The maximum Gasteiger partial charge on any atom is 0.343 e. The van der Waals surface area contributed by atoms with Crippen LogP contribution in [0.3, 0.4) is 0 Å². The van der Waals surface area contributed by atoms with E-state index < -0.39 is 45.7 Å². The quantitative estimate of drug-likeness (QED) is 0.449. The number of carbonyl (C=O) groups is 2. The standard InChI is InChI=1S/C15H18N4O6/c1-9(2)15(3,8-16)17-12(20)7-18-6-10(19(23)24)5-11(13(18)21)14(22)25-4/h5-6,9H,7H2,1-4H3,(H,17,20). The largest absolute Gasteiger partial charge is 0.465 e. The Labute approximate surface area is 143 Å². The number of hydrogen-bond acceptors (Lipinski definition) is 7. The normalized spacial score (nSPS) is 12.8. The maximum atomic E-state index is 12.2. The number of aromatic nitrogens is 1. The van der Waals surface area contributed by atoms with Crippen LogP contribution in [0.5, 0.6) is 0 Å². The van der Waals surface area contributed by atoms with Gasteiger partial charge in [0, 0.05) is 6.07 Å². The number of nitro groups is 1. The molecule has 1 aromatic rings. The third-order valence-electron chi connectivity index (χ3n) is 3.79. The molecule has 0 aliphatic rings. The van der Waals surface area contributed by atoms with Gasteiger partial charge in [0.15, 0.2) is 0 Å². The van der Waals surface area contributed by atoms with Gasteiger partial charge in [-0.25, -0.2) is 4.79 Å². The lowest BCUT2D eigenvalue weighted by Crippen LogP contribution is -2.50. The molecule has 1 unspecified atom stereocenters. The molecule has 0 radical (unpaired) electrons.